The number of aliphatic hydroxyl groups excluding tert-OH is 2. The average molecular weight is 246 g/mol. The summed E-state index contributed by atoms with van der Waals surface area (Å²) in [5, 5.41) is 15.9. The van der Waals surface area contributed by atoms with Gasteiger partial charge >= 0.3 is 0 Å². The molecule has 4 N–H and O–H groups in total. The van der Waals surface area contributed by atoms with Gasteiger partial charge in [-0.2, -0.15) is 0 Å². The summed E-state index contributed by atoms with van der Waals surface area (Å²) < 4.78 is 9.23. The summed E-state index contributed by atoms with van der Waals surface area (Å²) in [4.78, 5) is 0. The predicted octanol–water partition coefficient (Wildman–Crippen LogP) is 0.667. The summed E-state index contributed by atoms with van der Waals surface area (Å²) in [6, 6.07) is 0. The molecule has 0 rings (SSSR count). The Morgan fingerprint density at radius 3 is 1.57 bits per heavy atom. The molecule has 7 heteroatoms. The number of rotatable bonds is 4. The second kappa shape index (κ2) is 29.2. The van der Waals surface area contributed by atoms with Crippen LogP contribution in [0.15, 0.2) is 12.8 Å². The minimum atomic E-state index is -1.04. The Balaban J connectivity index is -0.0000000405. The van der Waals surface area contributed by atoms with E-state index in [1.165, 1.54) is 0 Å². The van der Waals surface area contributed by atoms with E-state index in [4.69, 9.17) is 10.2 Å². The molecule has 88 valence electrons. The van der Waals surface area contributed by atoms with Crippen molar-refractivity contribution < 1.29 is 52.4 Å². The molecule has 0 aliphatic rings. The quantitative estimate of drug-likeness (QED) is 0.427. The monoisotopic (exact) mass is 246 g/mol. The Kier molecular flexibility index (Phi) is 61.0. The van der Waals surface area contributed by atoms with E-state index in [0.29, 0.717) is 13.2 Å². The number of aliphatic hydroxyl groups is 2. The fourth-order valence-corrected chi connectivity index (χ4v) is 0.333. The fourth-order valence-electron chi connectivity index (χ4n) is 0.333. The molecule has 0 fully saturated rings. The van der Waals surface area contributed by atoms with Crippen LogP contribution in [-0.2, 0) is 31.2 Å². The molecule has 6 nitrogen and oxygen atoms in total. The van der Waals surface area contributed by atoms with Gasteiger partial charge in [-0.05, 0) is 13.8 Å². The van der Waals surface area contributed by atoms with Gasteiger partial charge in [-0.3, -0.25) is 0 Å². The first-order valence-electron chi connectivity index (χ1n) is 3.39. The first-order chi connectivity index (χ1) is 5.22. The third kappa shape index (κ3) is 40.2. The van der Waals surface area contributed by atoms with Gasteiger partial charge in [-0.15, -0.1) is 0 Å². The van der Waals surface area contributed by atoms with E-state index >= 15 is 0 Å². The largest absolute Gasteiger partial charge is 0.870 e. The normalized spacial score (nSPS) is 6.86. The molecule has 0 saturated carbocycles. The van der Waals surface area contributed by atoms with Crippen molar-refractivity contribution >= 4 is 0 Å². The Labute approximate surface area is 99.0 Å². The van der Waals surface area contributed by atoms with E-state index in [1.54, 1.807) is 13.8 Å². The van der Waals surface area contributed by atoms with Crippen LogP contribution in [-0.4, -0.2) is 40.9 Å². The Hall–Kier alpha value is 0.0543. The maximum Gasteiger partial charge on any atom is 0.269 e. The third-order valence-corrected chi connectivity index (χ3v) is 0.618. The van der Waals surface area contributed by atoms with Crippen molar-refractivity contribution in [2.75, 3.05) is 13.2 Å². The third-order valence-electron chi connectivity index (χ3n) is 0.618. The van der Waals surface area contributed by atoms with Crippen LogP contribution in [0.3, 0.4) is 0 Å². The van der Waals surface area contributed by atoms with Gasteiger partial charge in [0.05, 0.1) is 6.26 Å². The number of hydrogen-bond donors (Lipinski definition) is 2. The summed E-state index contributed by atoms with van der Waals surface area (Å²) in [6.07, 6.45) is 0.750. The van der Waals surface area contributed by atoms with Gasteiger partial charge in [0, 0.05) is 34.9 Å². The summed E-state index contributed by atoms with van der Waals surface area (Å²) in [5.74, 6) is 0. The van der Waals surface area contributed by atoms with Gasteiger partial charge < -0.3 is 30.6 Å². The zero-order chi connectivity index (χ0) is 9.11. The minimum Gasteiger partial charge on any atom is -0.870 e. The fraction of sp³-hybridized carbons (Fsp3) is 0.714. The molecule has 0 aliphatic carbocycles. The van der Waals surface area contributed by atoms with Crippen LogP contribution in [0.2, 0.25) is 0 Å². The van der Waals surface area contributed by atoms with Crippen molar-refractivity contribution in [1.82, 2.24) is 0 Å². The van der Waals surface area contributed by atoms with E-state index in [9.17, 15) is 0 Å². The van der Waals surface area contributed by atoms with Crippen molar-refractivity contribution in [1.29, 1.82) is 0 Å². The molecule has 0 aromatic carbocycles. The smallest absolute Gasteiger partial charge is 0.269 e. The maximum atomic E-state index is 8.60. The zero-order valence-corrected chi connectivity index (χ0v) is 9.94. The van der Waals surface area contributed by atoms with Gasteiger partial charge in [-0.1, -0.05) is 6.58 Å². The SMILES string of the molecule is C=CO.CCOC(O)OCC.[OH-].[OH-].[Ti]. The van der Waals surface area contributed by atoms with Crippen LogP contribution < -0.4 is 0 Å². The van der Waals surface area contributed by atoms with Crippen molar-refractivity contribution in [3.05, 3.63) is 12.8 Å². The maximum absolute atomic E-state index is 8.60. The minimum absolute atomic E-state index is 0. The van der Waals surface area contributed by atoms with Crippen molar-refractivity contribution in [2.24, 2.45) is 0 Å². The summed E-state index contributed by atoms with van der Waals surface area (Å²) in [5.41, 5.74) is 0. The number of hydrogen-bond acceptors (Lipinski definition) is 6. The molecule has 0 radical (unpaired) electrons. The summed E-state index contributed by atoms with van der Waals surface area (Å²) >= 11 is 0. The van der Waals surface area contributed by atoms with Gasteiger partial charge in [-0.25, -0.2) is 0 Å². The van der Waals surface area contributed by atoms with Crippen LogP contribution in [0.5, 0.6) is 0 Å². The molecule has 0 bridgehead atoms. The second-order valence-electron chi connectivity index (χ2n) is 1.40. The molecule has 0 aliphatic heterocycles. The van der Waals surface area contributed by atoms with Crippen molar-refractivity contribution in [3.63, 3.8) is 0 Å². The first kappa shape index (κ1) is 29.2. The Morgan fingerprint density at radius 2 is 1.43 bits per heavy atom. The van der Waals surface area contributed by atoms with E-state index < -0.39 is 6.48 Å². The zero-order valence-electron chi connectivity index (χ0n) is 8.38. The molecule has 0 saturated heterocycles. The van der Waals surface area contributed by atoms with E-state index in [0.717, 1.165) is 6.26 Å². The van der Waals surface area contributed by atoms with E-state index in [2.05, 4.69) is 16.1 Å². The van der Waals surface area contributed by atoms with Crippen LogP contribution >= 0.6 is 0 Å². The standard InChI is InChI=1S/C5H12O3.C2H4O.2H2O.Ti/c1-3-7-5(6)8-4-2;1-2-3;;;/h5-6H,3-4H2,1-2H3;2-3H,1H2;2*1H2;/p-2. The Morgan fingerprint density at radius 1 is 1.21 bits per heavy atom. The molecule has 0 amide bonds. The first-order valence-corrected chi connectivity index (χ1v) is 3.39. The van der Waals surface area contributed by atoms with Gasteiger partial charge in [0.15, 0.2) is 0 Å². The second-order valence-corrected chi connectivity index (χ2v) is 1.40. The van der Waals surface area contributed by atoms with Gasteiger partial charge in [0.2, 0.25) is 0 Å². The summed E-state index contributed by atoms with van der Waals surface area (Å²) in [7, 11) is 0. The molecular formula is C7H18O6Ti-2. The molecule has 0 aromatic heterocycles. The van der Waals surface area contributed by atoms with E-state index in [-0.39, 0.29) is 32.7 Å². The molecule has 0 spiro atoms. The van der Waals surface area contributed by atoms with Gasteiger partial charge in [0.25, 0.3) is 6.48 Å². The van der Waals surface area contributed by atoms with Crippen LogP contribution in [0.25, 0.3) is 0 Å². The molecule has 0 unspecified atom stereocenters. The molecule has 0 aromatic rings. The molecule has 14 heavy (non-hydrogen) atoms. The van der Waals surface area contributed by atoms with Crippen molar-refractivity contribution in [3.8, 4) is 0 Å². The molecule has 0 atom stereocenters. The topological polar surface area (TPSA) is 119 Å². The average Bonchev–Trinajstić information content (AvgIpc) is 1.90. The molecular weight excluding hydrogens is 228 g/mol. The summed E-state index contributed by atoms with van der Waals surface area (Å²) in [6.45, 7) is 6.41. The van der Waals surface area contributed by atoms with Gasteiger partial charge in [0.1, 0.15) is 0 Å². The van der Waals surface area contributed by atoms with E-state index in [1.807, 2.05) is 0 Å². The molecule has 0 heterocycles. The van der Waals surface area contributed by atoms with Crippen LogP contribution in [0, 0.1) is 0 Å². The van der Waals surface area contributed by atoms with Crippen LogP contribution in [0.4, 0.5) is 0 Å². The predicted molar refractivity (Wildman–Crippen MR) is 46.0 cm³/mol. The Bertz CT molecular complexity index is 76.6. The number of ether oxygens (including phenoxy) is 2. The van der Waals surface area contributed by atoms with Crippen molar-refractivity contribution in [2.45, 2.75) is 20.3 Å². The van der Waals surface area contributed by atoms with Crippen LogP contribution in [0.1, 0.15) is 13.8 Å².